The van der Waals surface area contributed by atoms with Crippen LogP contribution in [0.15, 0.2) is 146 Å². The van der Waals surface area contributed by atoms with Crippen molar-refractivity contribution in [3.05, 3.63) is 185 Å². The number of benzene rings is 5. The smallest absolute Gasteiger partial charge is 0.418 e. The van der Waals surface area contributed by atoms with Gasteiger partial charge in [-0.2, -0.15) is 0 Å². The highest BCUT2D eigenvalue weighted by molar-refractivity contribution is 7.43. The van der Waals surface area contributed by atoms with E-state index in [-0.39, 0.29) is 29.3 Å². The highest BCUT2D eigenvalue weighted by atomic mass is 31.2. The normalized spacial score (nSPS) is 12.7. The van der Waals surface area contributed by atoms with Gasteiger partial charge in [0.15, 0.2) is 0 Å². The summed E-state index contributed by atoms with van der Waals surface area (Å²) in [6.07, 6.45) is 11.6. The van der Waals surface area contributed by atoms with Crippen molar-refractivity contribution in [2.24, 2.45) is 5.92 Å². The fourth-order valence-electron chi connectivity index (χ4n) is 6.62. The minimum Gasteiger partial charge on any atom is -0.418 e. The molecule has 60 heavy (non-hydrogen) atoms. The number of hydrogen-bond acceptors (Lipinski definition) is 7. The molecule has 0 fully saturated rings. The summed E-state index contributed by atoms with van der Waals surface area (Å²) in [7, 11) is -4.46. The summed E-state index contributed by atoms with van der Waals surface area (Å²) < 4.78 is 31.5. The third kappa shape index (κ3) is 12.4. The number of ketones is 1. The molecule has 5 aromatic rings. The Labute approximate surface area is 359 Å². The van der Waals surface area contributed by atoms with E-state index in [1.807, 2.05) is 103 Å². The average Bonchev–Trinajstić information content (AvgIpc) is 3.21. The molecule has 0 saturated carbocycles. The van der Waals surface area contributed by atoms with Crippen molar-refractivity contribution in [3.8, 4) is 28.7 Å². The zero-order chi connectivity index (χ0) is 43.2. The number of hydrogen-bond donors (Lipinski definition) is 1. The maximum absolute atomic E-state index is 14.5. The van der Waals surface area contributed by atoms with E-state index in [2.05, 4.69) is 74.1 Å². The van der Waals surface area contributed by atoms with Crippen LogP contribution in [0.3, 0.4) is 0 Å². The Bertz CT molecular complexity index is 2200. The van der Waals surface area contributed by atoms with Crippen LogP contribution in [-0.4, -0.2) is 10.7 Å². The summed E-state index contributed by atoms with van der Waals surface area (Å²) in [6, 6.07) is 34.2. The first-order valence-electron chi connectivity index (χ1n) is 20.6. The van der Waals surface area contributed by atoms with Gasteiger partial charge in [0.25, 0.3) is 0 Å². The average molecular weight is 845 g/mol. The zero-order valence-corrected chi connectivity index (χ0v) is 37.8. The first-order valence-corrected chi connectivity index (χ1v) is 22.8. The number of rotatable bonds is 17. The molecule has 1 atom stereocenters. The summed E-state index contributed by atoms with van der Waals surface area (Å²) in [5.74, 6) is 3.51. The monoisotopic (exact) mass is 844 g/mol. The molecule has 0 aromatic heterocycles. The molecule has 1 aliphatic rings. The van der Waals surface area contributed by atoms with E-state index in [9.17, 15) is 9.69 Å². The van der Waals surface area contributed by atoms with E-state index in [0.29, 0.717) is 40.5 Å². The second-order valence-corrected chi connectivity index (χ2v) is 17.6. The van der Waals surface area contributed by atoms with Crippen LogP contribution in [0.5, 0.6) is 28.7 Å². The Balaban J connectivity index is 0.000000606. The molecule has 1 aliphatic carbocycles. The second-order valence-electron chi connectivity index (χ2n) is 15.8. The SMILES string of the molecule is C=C/C=C\C=C/CC(C)C.CC(C)c1ccccc1OP(O)Oc1cccc2c1C(=O)c1c(cccc1OP(Oc1ccccc1C(C)C)Oc1ccccc1C(C)C)C2. The van der Waals surface area contributed by atoms with Crippen molar-refractivity contribution in [2.45, 2.75) is 86.0 Å². The van der Waals surface area contributed by atoms with Crippen molar-refractivity contribution >= 4 is 23.0 Å². The third-order valence-corrected chi connectivity index (χ3v) is 11.4. The van der Waals surface area contributed by atoms with Gasteiger partial charge in [-0.05, 0) is 94.7 Å². The Morgan fingerprint density at radius 2 is 0.950 bits per heavy atom. The van der Waals surface area contributed by atoms with E-state index >= 15 is 0 Å². The lowest BCUT2D eigenvalue weighted by Gasteiger charge is -2.26. The van der Waals surface area contributed by atoms with Crippen molar-refractivity contribution in [2.75, 3.05) is 0 Å². The van der Waals surface area contributed by atoms with E-state index in [4.69, 9.17) is 22.6 Å². The van der Waals surface area contributed by atoms with Gasteiger partial charge in [0, 0.05) is 0 Å². The second kappa shape index (κ2) is 22.4. The van der Waals surface area contributed by atoms with Crippen molar-refractivity contribution in [1.82, 2.24) is 0 Å². The maximum atomic E-state index is 14.5. The van der Waals surface area contributed by atoms with E-state index < -0.39 is 17.2 Å². The topological polar surface area (TPSA) is 83.5 Å². The largest absolute Gasteiger partial charge is 0.530 e. The van der Waals surface area contributed by atoms with Gasteiger partial charge in [-0.15, -0.1) is 0 Å². The van der Waals surface area contributed by atoms with Gasteiger partial charge < -0.3 is 27.5 Å². The van der Waals surface area contributed by atoms with Crippen LogP contribution in [0.4, 0.5) is 0 Å². The van der Waals surface area contributed by atoms with Crippen molar-refractivity contribution in [1.29, 1.82) is 0 Å². The molecule has 0 aliphatic heterocycles. The number of carbonyl (C=O) groups excluding carboxylic acids is 1. The van der Waals surface area contributed by atoms with Gasteiger partial charge in [-0.25, -0.2) is 0 Å². The molecule has 9 heteroatoms. The van der Waals surface area contributed by atoms with Crippen LogP contribution in [0.25, 0.3) is 0 Å². The first kappa shape index (κ1) is 45.9. The van der Waals surface area contributed by atoms with Crippen LogP contribution in [0.2, 0.25) is 0 Å². The molecular weight excluding hydrogens is 787 g/mol. The molecule has 0 bridgehead atoms. The molecule has 7 nitrogen and oxygen atoms in total. The van der Waals surface area contributed by atoms with Crippen LogP contribution >= 0.6 is 17.2 Å². The number of para-hydroxylation sites is 3. The first-order chi connectivity index (χ1) is 28.9. The predicted molar refractivity (Wildman–Crippen MR) is 248 cm³/mol. The zero-order valence-electron chi connectivity index (χ0n) is 36.0. The molecule has 0 amide bonds. The van der Waals surface area contributed by atoms with Gasteiger partial charge in [0.1, 0.15) is 28.7 Å². The quantitative estimate of drug-likeness (QED) is 0.0723. The molecule has 1 unspecified atom stereocenters. The fourth-order valence-corrected chi connectivity index (χ4v) is 8.39. The van der Waals surface area contributed by atoms with Gasteiger partial charge >= 0.3 is 17.2 Å². The minimum absolute atomic E-state index is 0.187. The Morgan fingerprint density at radius 1 is 0.550 bits per heavy atom. The maximum Gasteiger partial charge on any atom is 0.530 e. The number of allylic oxidation sites excluding steroid dienone is 5. The molecule has 5 aromatic carbocycles. The van der Waals surface area contributed by atoms with Gasteiger partial charge in [0.05, 0.1) is 11.1 Å². The molecule has 0 spiro atoms. The van der Waals surface area contributed by atoms with Gasteiger partial charge in [0.2, 0.25) is 5.78 Å². The Morgan fingerprint density at radius 3 is 1.40 bits per heavy atom. The van der Waals surface area contributed by atoms with Crippen LogP contribution < -0.4 is 22.6 Å². The summed E-state index contributed by atoms with van der Waals surface area (Å²) in [5.41, 5.74) is 5.35. The molecule has 0 heterocycles. The molecule has 0 radical (unpaired) electrons. The van der Waals surface area contributed by atoms with Crippen LogP contribution in [-0.2, 0) is 6.42 Å². The van der Waals surface area contributed by atoms with Crippen molar-refractivity contribution in [3.63, 3.8) is 0 Å². The Hall–Kier alpha value is -5.19. The number of carbonyl (C=O) groups is 1. The van der Waals surface area contributed by atoms with Crippen LogP contribution in [0, 0.1) is 5.92 Å². The third-order valence-electron chi connectivity index (χ3n) is 9.66. The lowest BCUT2D eigenvalue weighted by molar-refractivity contribution is 0.103. The highest BCUT2D eigenvalue weighted by Crippen LogP contribution is 2.49. The Kier molecular flexibility index (Phi) is 17.1. The molecular formula is C51H58O7P2. The molecule has 6 rings (SSSR count). The molecule has 1 N–H and O–H groups in total. The molecule has 0 saturated heterocycles. The summed E-state index contributed by atoms with van der Waals surface area (Å²) >= 11 is 0. The number of fused-ring (bicyclic) bond motifs is 2. The highest BCUT2D eigenvalue weighted by Gasteiger charge is 2.33. The summed E-state index contributed by atoms with van der Waals surface area (Å²) in [4.78, 5) is 25.4. The van der Waals surface area contributed by atoms with Gasteiger partial charge in [-0.3, -0.25) is 4.79 Å². The predicted octanol–water partition coefficient (Wildman–Crippen LogP) is 15.0. The fraction of sp³-hybridized carbons (Fsp3) is 0.275. The lowest BCUT2D eigenvalue weighted by atomic mass is 9.84. The lowest BCUT2D eigenvalue weighted by Crippen LogP contribution is -2.18. The van der Waals surface area contributed by atoms with Crippen molar-refractivity contribution < 1.29 is 32.3 Å². The molecule has 314 valence electrons. The van der Waals surface area contributed by atoms with E-state index in [1.165, 1.54) is 0 Å². The van der Waals surface area contributed by atoms with E-state index in [0.717, 1.165) is 40.2 Å². The van der Waals surface area contributed by atoms with Crippen LogP contribution in [0.1, 0.15) is 123 Å². The van der Waals surface area contributed by atoms with E-state index in [1.54, 1.807) is 24.3 Å². The standard InChI is InChI=1S/C41H42O7P2.C10H16/c1-26(2)31-17-7-10-20-34(31)44-49(43)45-37-23-13-15-29-25-30-16-14-24-38(40(30)41(42)39(29)37)48-50(46-35-21-11-8-18-32(35)27(3)4)47-36-22-12-9-19-33(36)28(5)6;1-4-5-6-7-8-9-10(2)3/h7-24,26-28,43H,25H2,1-6H3;4-8,10H,1,9H2,2-3H3/b;6-5-,8-7-. The van der Waals surface area contributed by atoms with Gasteiger partial charge in [-0.1, -0.05) is 171 Å². The summed E-state index contributed by atoms with van der Waals surface area (Å²) in [5, 5.41) is 0. The summed E-state index contributed by atoms with van der Waals surface area (Å²) in [6.45, 7) is 20.5. The minimum atomic E-state index is -2.39.